The molecule has 1 atom stereocenters. The van der Waals surface area contributed by atoms with Gasteiger partial charge in [0.25, 0.3) is 0 Å². The number of carbonyl (C=O) groups excluding carboxylic acids is 1. The summed E-state index contributed by atoms with van der Waals surface area (Å²) in [7, 11) is 0. The van der Waals surface area contributed by atoms with Gasteiger partial charge in [-0.05, 0) is 6.42 Å². The fourth-order valence-corrected chi connectivity index (χ4v) is 1.37. The fraction of sp³-hybridized carbons (Fsp3) is 0.222. The van der Waals surface area contributed by atoms with Gasteiger partial charge in [0.05, 0.1) is 4.83 Å². The summed E-state index contributed by atoms with van der Waals surface area (Å²) in [5, 5.41) is 0. The Morgan fingerprint density at radius 3 is 2.20 bits per heavy atom. The molecule has 0 radical (unpaired) electrons. The van der Waals surface area contributed by atoms with Gasteiger partial charge < -0.3 is 5.73 Å². The highest BCUT2D eigenvalue weighted by Crippen LogP contribution is 2.18. The van der Waals surface area contributed by atoms with Crippen LogP contribution in [0.4, 0.5) is 13.2 Å². The van der Waals surface area contributed by atoms with Crippen LogP contribution in [0, 0.1) is 17.5 Å². The molecule has 0 spiro atoms. The van der Waals surface area contributed by atoms with Crippen LogP contribution in [0.25, 0.3) is 0 Å². The molecule has 0 aliphatic carbocycles. The van der Waals surface area contributed by atoms with Gasteiger partial charge in [0, 0.05) is 17.7 Å². The third kappa shape index (κ3) is 2.95. The van der Waals surface area contributed by atoms with Crippen molar-refractivity contribution in [1.29, 1.82) is 0 Å². The highest BCUT2D eigenvalue weighted by atomic mass is 79.9. The summed E-state index contributed by atoms with van der Waals surface area (Å²) in [6, 6.07) is 1.11. The molecule has 1 aromatic rings. The van der Waals surface area contributed by atoms with Crippen LogP contribution in [0.3, 0.4) is 0 Å². The maximum atomic E-state index is 13.1. The second-order valence-electron chi connectivity index (χ2n) is 2.92. The molecule has 0 saturated carbocycles. The predicted octanol–water partition coefficient (Wildman–Crippen LogP) is 1.90. The molecule has 1 rings (SSSR count). The molecule has 1 amide bonds. The van der Waals surface area contributed by atoms with Crippen LogP contribution in [0.15, 0.2) is 12.1 Å². The van der Waals surface area contributed by atoms with Crippen LogP contribution in [0.2, 0.25) is 0 Å². The summed E-state index contributed by atoms with van der Waals surface area (Å²) >= 11 is 2.86. The molecule has 1 unspecified atom stereocenters. The SMILES string of the molecule is NC(=O)C(Br)Cc1c(F)cc(F)cc1F. The number of hydrogen-bond acceptors (Lipinski definition) is 1. The van der Waals surface area contributed by atoms with Gasteiger partial charge >= 0.3 is 0 Å². The lowest BCUT2D eigenvalue weighted by Gasteiger charge is -2.07. The Kier molecular flexibility index (Phi) is 3.73. The molecule has 0 saturated heterocycles. The number of benzene rings is 1. The molecular weight excluding hydrogens is 275 g/mol. The van der Waals surface area contributed by atoms with E-state index in [1.807, 2.05) is 0 Å². The summed E-state index contributed by atoms with van der Waals surface area (Å²) < 4.78 is 38.7. The van der Waals surface area contributed by atoms with Crippen molar-refractivity contribution in [3.05, 3.63) is 35.1 Å². The van der Waals surface area contributed by atoms with Crippen LogP contribution in [-0.2, 0) is 11.2 Å². The number of hydrogen-bond donors (Lipinski definition) is 1. The molecule has 2 nitrogen and oxygen atoms in total. The van der Waals surface area contributed by atoms with E-state index in [2.05, 4.69) is 15.9 Å². The number of amides is 1. The molecular formula is C9H7BrF3NO. The van der Waals surface area contributed by atoms with Crippen molar-refractivity contribution in [2.24, 2.45) is 5.73 Å². The van der Waals surface area contributed by atoms with Crippen LogP contribution < -0.4 is 5.73 Å². The zero-order chi connectivity index (χ0) is 11.6. The Morgan fingerprint density at radius 1 is 1.33 bits per heavy atom. The van der Waals surface area contributed by atoms with Crippen LogP contribution >= 0.6 is 15.9 Å². The normalized spacial score (nSPS) is 12.5. The van der Waals surface area contributed by atoms with E-state index in [0.717, 1.165) is 0 Å². The van der Waals surface area contributed by atoms with Crippen molar-refractivity contribution in [1.82, 2.24) is 0 Å². The third-order valence-corrected chi connectivity index (χ3v) is 2.57. The third-order valence-electron chi connectivity index (χ3n) is 1.80. The molecule has 0 aliphatic heterocycles. The van der Waals surface area contributed by atoms with Crippen LogP contribution in [-0.4, -0.2) is 10.7 Å². The minimum atomic E-state index is -1.03. The summed E-state index contributed by atoms with van der Waals surface area (Å²) in [4.78, 5) is 9.77. The molecule has 0 heterocycles. The van der Waals surface area contributed by atoms with Gasteiger partial charge in [-0.3, -0.25) is 4.79 Å². The van der Waals surface area contributed by atoms with Gasteiger partial charge in [0.15, 0.2) is 0 Å². The lowest BCUT2D eigenvalue weighted by molar-refractivity contribution is -0.117. The maximum absolute atomic E-state index is 13.1. The molecule has 0 bridgehead atoms. The van der Waals surface area contributed by atoms with E-state index in [1.165, 1.54) is 0 Å². The Hall–Kier alpha value is -1.04. The first-order valence-corrected chi connectivity index (χ1v) is 4.90. The smallest absolute Gasteiger partial charge is 0.231 e. The fourth-order valence-electron chi connectivity index (χ4n) is 1.05. The minimum Gasteiger partial charge on any atom is -0.369 e. The first kappa shape index (κ1) is 12.0. The first-order chi connectivity index (χ1) is 6.91. The topological polar surface area (TPSA) is 43.1 Å². The highest BCUT2D eigenvalue weighted by Gasteiger charge is 2.18. The second-order valence-corrected chi connectivity index (χ2v) is 4.03. The quantitative estimate of drug-likeness (QED) is 0.845. The van der Waals surface area contributed by atoms with Gasteiger partial charge in [-0.15, -0.1) is 0 Å². The van der Waals surface area contributed by atoms with Gasteiger partial charge in [-0.1, -0.05) is 15.9 Å². The summed E-state index contributed by atoms with van der Waals surface area (Å²) in [6.07, 6.45) is -0.257. The van der Waals surface area contributed by atoms with Crippen molar-refractivity contribution in [2.45, 2.75) is 11.2 Å². The van der Waals surface area contributed by atoms with Crippen molar-refractivity contribution in [3.8, 4) is 0 Å². The van der Waals surface area contributed by atoms with E-state index < -0.39 is 28.2 Å². The second kappa shape index (κ2) is 4.65. The number of halogens is 4. The van der Waals surface area contributed by atoms with E-state index in [0.29, 0.717) is 12.1 Å². The lowest BCUT2D eigenvalue weighted by atomic mass is 10.1. The number of rotatable bonds is 3. The number of carbonyl (C=O) groups is 1. The monoisotopic (exact) mass is 281 g/mol. The Balaban J connectivity index is 3.00. The lowest BCUT2D eigenvalue weighted by Crippen LogP contribution is -2.25. The first-order valence-electron chi connectivity index (χ1n) is 3.98. The number of nitrogens with two attached hydrogens (primary N) is 1. The van der Waals surface area contributed by atoms with Crippen molar-refractivity contribution >= 4 is 21.8 Å². The van der Waals surface area contributed by atoms with Gasteiger partial charge in [0.2, 0.25) is 5.91 Å². The van der Waals surface area contributed by atoms with Crippen LogP contribution in [0.5, 0.6) is 0 Å². The molecule has 0 aromatic heterocycles. The van der Waals surface area contributed by atoms with E-state index in [4.69, 9.17) is 5.73 Å². The molecule has 0 aliphatic rings. The van der Waals surface area contributed by atoms with Crippen molar-refractivity contribution in [2.75, 3.05) is 0 Å². The Morgan fingerprint density at radius 2 is 1.80 bits per heavy atom. The van der Waals surface area contributed by atoms with Gasteiger partial charge in [-0.2, -0.15) is 0 Å². The Labute approximate surface area is 92.4 Å². The van der Waals surface area contributed by atoms with Gasteiger partial charge in [-0.25, -0.2) is 13.2 Å². The standard InChI is InChI=1S/C9H7BrF3NO/c10-6(9(14)15)3-5-7(12)1-4(11)2-8(5)13/h1-2,6H,3H2,(H2,14,15). The number of alkyl halides is 1. The van der Waals surface area contributed by atoms with Gasteiger partial charge in [0.1, 0.15) is 17.5 Å². The summed E-state index contributed by atoms with van der Waals surface area (Å²) in [5.41, 5.74) is 4.55. The minimum absolute atomic E-state index is 0.257. The maximum Gasteiger partial charge on any atom is 0.231 e. The zero-order valence-corrected chi connectivity index (χ0v) is 9.02. The van der Waals surface area contributed by atoms with E-state index in [-0.39, 0.29) is 12.0 Å². The molecule has 82 valence electrons. The molecule has 1 aromatic carbocycles. The molecule has 0 fully saturated rings. The van der Waals surface area contributed by atoms with Crippen molar-refractivity contribution in [3.63, 3.8) is 0 Å². The van der Waals surface area contributed by atoms with Crippen LogP contribution in [0.1, 0.15) is 5.56 Å². The van der Waals surface area contributed by atoms with E-state index in [9.17, 15) is 18.0 Å². The van der Waals surface area contributed by atoms with E-state index >= 15 is 0 Å². The molecule has 6 heteroatoms. The Bertz CT molecular complexity index is 374. The molecule has 2 N–H and O–H groups in total. The largest absolute Gasteiger partial charge is 0.369 e. The average molecular weight is 282 g/mol. The zero-order valence-electron chi connectivity index (χ0n) is 7.44. The molecule has 15 heavy (non-hydrogen) atoms. The van der Waals surface area contributed by atoms with Crippen molar-refractivity contribution < 1.29 is 18.0 Å². The number of primary amides is 1. The predicted molar refractivity (Wildman–Crippen MR) is 51.9 cm³/mol. The average Bonchev–Trinajstić information content (AvgIpc) is 2.10. The highest BCUT2D eigenvalue weighted by molar-refractivity contribution is 9.10. The summed E-state index contributed by atoms with van der Waals surface area (Å²) in [5.74, 6) is -3.80. The summed E-state index contributed by atoms with van der Waals surface area (Å²) in [6.45, 7) is 0. The van der Waals surface area contributed by atoms with E-state index in [1.54, 1.807) is 0 Å².